The number of imidazole rings is 1. The largest absolute Gasteiger partial charge is 0.444 e. The quantitative estimate of drug-likeness (QED) is 0.847. The van der Waals surface area contributed by atoms with Gasteiger partial charge >= 0.3 is 0 Å². The van der Waals surface area contributed by atoms with Gasteiger partial charge in [-0.2, -0.15) is 0 Å². The van der Waals surface area contributed by atoms with Crippen LogP contribution in [0.3, 0.4) is 0 Å². The molecular weight excluding hydrogens is 204 g/mol. The first kappa shape index (κ1) is 10.9. The molecule has 2 aromatic rings. The zero-order chi connectivity index (χ0) is 11.5. The summed E-state index contributed by atoms with van der Waals surface area (Å²) in [5.41, 5.74) is 6.81. The molecule has 0 amide bonds. The smallest absolute Gasteiger partial charge is 0.214 e. The van der Waals surface area contributed by atoms with Gasteiger partial charge in [0.2, 0.25) is 5.89 Å². The van der Waals surface area contributed by atoms with Crippen LogP contribution >= 0.6 is 0 Å². The summed E-state index contributed by atoms with van der Waals surface area (Å²) in [6.45, 7) is 4.55. The Bertz CT molecular complexity index is 458. The Balaban J connectivity index is 2.17. The first-order valence-electron chi connectivity index (χ1n) is 5.40. The van der Waals surface area contributed by atoms with Crippen LogP contribution in [0.1, 0.15) is 37.2 Å². The van der Waals surface area contributed by atoms with Crippen molar-refractivity contribution in [2.75, 3.05) is 0 Å². The lowest BCUT2D eigenvalue weighted by Gasteiger charge is -2.08. The molecule has 0 aliphatic carbocycles. The molecule has 16 heavy (non-hydrogen) atoms. The van der Waals surface area contributed by atoms with Gasteiger partial charge in [-0.15, -0.1) is 0 Å². The number of aryl methyl sites for hydroxylation is 1. The van der Waals surface area contributed by atoms with Crippen LogP contribution in [-0.4, -0.2) is 14.5 Å². The summed E-state index contributed by atoms with van der Waals surface area (Å²) >= 11 is 0. The topological polar surface area (TPSA) is 69.9 Å². The van der Waals surface area contributed by atoms with E-state index in [-0.39, 0.29) is 6.04 Å². The lowest BCUT2D eigenvalue weighted by molar-refractivity contribution is 0.441. The van der Waals surface area contributed by atoms with Crippen molar-refractivity contribution in [3.8, 4) is 0 Å². The van der Waals surface area contributed by atoms with Crippen LogP contribution in [0.25, 0.3) is 0 Å². The summed E-state index contributed by atoms with van der Waals surface area (Å²) in [7, 11) is 0. The minimum absolute atomic E-state index is 0.0388. The third-order valence-electron chi connectivity index (χ3n) is 2.47. The van der Waals surface area contributed by atoms with Gasteiger partial charge < -0.3 is 14.7 Å². The molecule has 1 atom stereocenters. The number of aromatic nitrogens is 3. The van der Waals surface area contributed by atoms with E-state index in [1.54, 1.807) is 18.7 Å². The molecule has 0 radical (unpaired) electrons. The van der Waals surface area contributed by atoms with Gasteiger partial charge in [0.05, 0.1) is 18.2 Å². The standard InChI is InChI=1S/C11H16N4O/c1-3-9-4-14-11(16-9)6-15-7-13-5-10(15)8(2)12/h4-5,7-8H,3,6,12H2,1-2H3/t8-/m1/s1. The number of nitrogens with two attached hydrogens (primary N) is 1. The highest BCUT2D eigenvalue weighted by atomic mass is 16.4. The van der Waals surface area contributed by atoms with Crippen LogP contribution in [0.5, 0.6) is 0 Å². The van der Waals surface area contributed by atoms with Gasteiger partial charge in [-0.25, -0.2) is 9.97 Å². The van der Waals surface area contributed by atoms with Crippen molar-refractivity contribution in [1.29, 1.82) is 0 Å². The molecule has 2 N–H and O–H groups in total. The van der Waals surface area contributed by atoms with E-state index in [1.165, 1.54) is 0 Å². The Morgan fingerprint density at radius 1 is 1.50 bits per heavy atom. The molecule has 0 saturated heterocycles. The van der Waals surface area contributed by atoms with Crippen LogP contribution in [0.4, 0.5) is 0 Å². The molecule has 5 heteroatoms. The maximum Gasteiger partial charge on any atom is 0.214 e. The summed E-state index contributed by atoms with van der Waals surface area (Å²) in [6, 6.07) is -0.0388. The average Bonchev–Trinajstić information content (AvgIpc) is 2.87. The zero-order valence-electron chi connectivity index (χ0n) is 9.55. The predicted octanol–water partition coefficient (Wildman–Crippen LogP) is 1.50. The summed E-state index contributed by atoms with van der Waals surface area (Å²) in [5, 5.41) is 0. The fourth-order valence-electron chi connectivity index (χ4n) is 1.57. The first-order chi connectivity index (χ1) is 7.70. The third kappa shape index (κ3) is 2.14. The molecule has 0 unspecified atom stereocenters. The molecular formula is C11H16N4O. The zero-order valence-corrected chi connectivity index (χ0v) is 9.55. The second-order valence-electron chi connectivity index (χ2n) is 3.81. The molecule has 2 rings (SSSR count). The van der Waals surface area contributed by atoms with E-state index in [4.69, 9.17) is 10.2 Å². The van der Waals surface area contributed by atoms with Crippen molar-refractivity contribution in [3.05, 3.63) is 36.1 Å². The molecule has 0 aliphatic heterocycles. The van der Waals surface area contributed by atoms with Crippen molar-refractivity contribution in [1.82, 2.24) is 14.5 Å². The van der Waals surface area contributed by atoms with E-state index < -0.39 is 0 Å². The van der Waals surface area contributed by atoms with Crippen molar-refractivity contribution >= 4 is 0 Å². The number of oxazole rings is 1. The normalized spacial score (nSPS) is 12.9. The van der Waals surface area contributed by atoms with Gasteiger partial charge in [0.25, 0.3) is 0 Å². The summed E-state index contributed by atoms with van der Waals surface area (Å²) in [6.07, 6.45) is 6.14. The SMILES string of the molecule is CCc1cnc(Cn2cncc2[C@@H](C)N)o1. The van der Waals surface area contributed by atoms with Gasteiger partial charge in [0.15, 0.2) is 0 Å². The van der Waals surface area contributed by atoms with E-state index >= 15 is 0 Å². The van der Waals surface area contributed by atoms with Crippen molar-refractivity contribution in [3.63, 3.8) is 0 Å². The number of hydrogen-bond donors (Lipinski definition) is 1. The van der Waals surface area contributed by atoms with Crippen LogP contribution < -0.4 is 5.73 Å². The summed E-state index contributed by atoms with van der Waals surface area (Å²) in [4.78, 5) is 8.29. The molecule has 0 fully saturated rings. The maximum absolute atomic E-state index is 5.83. The van der Waals surface area contributed by atoms with Crippen molar-refractivity contribution < 1.29 is 4.42 Å². The highest BCUT2D eigenvalue weighted by molar-refractivity contribution is 5.05. The minimum atomic E-state index is -0.0388. The lowest BCUT2D eigenvalue weighted by Crippen LogP contribution is -2.12. The molecule has 5 nitrogen and oxygen atoms in total. The van der Waals surface area contributed by atoms with E-state index in [9.17, 15) is 0 Å². The van der Waals surface area contributed by atoms with Crippen LogP contribution in [0, 0.1) is 0 Å². The highest BCUT2D eigenvalue weighted by Crippen LogP contribution is 2.12. The Kier molecular flexibility index (Phi) is 3.05. The van der Waals surface area contributed by atoms with Crippen molar-refractivity contribution in [2.45, 2.75) is 32.9 Å². The number of rotatable bonds is 4. The van der Waals surface area contributed by atoms with E-state index in [1.807, 2.05) is 18.4 Å². The molecule has 0 aromatic carbocycles. The van der Waals surface area contributed by atoms with Gasteiger partial charge in [0.1, 0.15) is 12.3 Å². The lowest BCUT2D eigenvalue weighted by atomic mass is 10.3. The number of hydrogen-bond acceptors (Lipinski definition) is 4. The monoisotopic (exact) mass is 220 g/mol. The molecule has 2 aromatic heterocycles. The van der Waals surface area contributed by atoms with Gasteiger partial charge in [-0.1, -0.05) is 6.92 Å². The molecule has 0 bridgehead atoms. The Morgan fingerprint density at radius 2 is 2.31 bits per heavy atom. The van der Waals surface area contributed by atoms with E-state index in [0.717, 1.165) is 17.9 Å². The van der Waals surface area contributed by atoms with Gasteiger partial charge in [0, 0.05) is 18.7 Å². The minimum Gasteiger partial charge on any atom is -0.444 e. The molecule has 2 heterocycles. The van der Waals surface area contributed by atoms with Gasteiger partial charge in [-0.3, -0.25) is 0 Å². The molecule has 0 spiro atoms. The third-order valence-corrected chi connectivity index (χ3v) is 2.47. The maximum atomic E-state index is 5.83. The molecule has 0 aliphatic rings. The van der Waals surface area contributed by atoms with E-state index in [2.05, 4.69) is 9.97 Å². The van der Waals surface area contributed by atoms with Crippen LogP contribution in [0.2, 0.25) is 0 Å². The first-order valence-corrected chi connectivity index (χ1v) is 5.40. The highest BCUT2D eigenvalue weighted by Gasteiger charge is 2.09. The number of nitrogens with zero attached hydrogens (tertiary/aromatic N) is 3. The molecule has 86 valence electrons. The van der Waals surface area contributed by atoms with Crippen LogP contribution in [0.15, 0.2) is 23.1 Å². The summed E-state index contributed by atoms with van der Waals surface area (Å²) < 4.78 is 7.49. The fourth-order valence-corrected chi connectivity index (χ4v) is 1.57. The van der Waals surface area contributed by atoms with Gasteiger partial charge in [-0.05, 0) is 6.92 Å². The second kappa shape index (κ2) is 4.49. The Morgan fingerprint density at radius 3 is 2.94 bits per heavy atom. The molecule has 0 saturated carbocycles. The predicted molar refractivity (Wildman–Crippen MR) is 59.8 cm³/mol. The summed E-state index contributed by atoms with van der Waals surface area (Å²) in [5.74, 6) is 1.59. The van der Waals surface area contributed by atoms with E-state index in [0.29, 0.717) is 12.4 Å². The second-order valence-corrected chi connectivity index (χ2v) is 3.81. The Hall–Kier alpha value is -1.62. The van der Waals surface area contributed by atoms with Crippen molar-refractivity contribution in [2.24, 2.45) is 5.73 Å². The van der Waals surface area contributed by atoms with Crippen LogP contribution in [-0.2, 0) is 13.0 Å². The Labute approximate surface area is 94.3 Å². The average molecular weight is 220 g/mol. The fraction of sp³-hybridized carbons (Fsp3) is 0.455.